The van der Waals surface area contributed by atoms with Crippen LogP contribution in [-0.4, -0.2) is 24.3 Å². The van der Waals surface area contributed by atoms with E-state index in [1.807, 2.05) is 49.4 Å². The van der Waals surface area contributed by atoms with Gasteiger partial charge in [-0.05, 0) is 61.7 Å². The maximum absolute atomic E-state index is 12.1. The highest BCUT2D eigenvalue weighted by molar-refractivity contribution is 7.98. The fraction of sp³-hybridized carbons (Fsp3) is 0.350. The number of halogens is 1. The van der Waals surface area contributed by atoms with E-state index in [1.165, 1.54) is 11.1 Å². The number of thioether (sulfide) groups is 1. The lowest BCUT2D eigenvalue weighted by atomic mass is 10.1. The van der Waals surface area contributed by atoms with Crippen molar-refractivity contribution >= 4 is 29.3 Å². The van der Waals surface area contributed by atoms with Crippen LogP contribution in [0.1, 0.15) is 23.6 Å². The van der Waals surface area contributed by atoms with Crippen molar-refractivity contribution < 1.29 is 9.53 Å². The maximum Gasteiger partial charge on any atom is 0.260 e. The Bertz CT molecular complexity index is 703. The number of benzene rings is 2. The Morgan fingerprint density at radius 3 is 2.56 bits per heavy atom. The molecule has 0 aliphatic carbocycles. The van der Waals surface area contributed by atoms with Crippen LogP contribution in [0.5, 0.6) is 5.75 Å². The number of rotatable bonds is 8. The molecule has 2 rings (SSSR count). The number of hydrogen-bond donors (Lipinski definition) is 1. The van der Waals surface area contributed by atoms with Crippen molar-refractivity contribution in [2.45, 2.75) is 32.6 Å². The number of hydrogen-bond acceptors (Lipinski definition) is 3. The molecular weight excluding hydrogens is 354 g/mol. The van der Waals surface area contributed by atoms with E-state index in [9.17, 15) is 4.79 Å². The third kappa shape index (κ3) is 6.63. The summed E-state index contributed by atoms with van der Waals surface area (Å²) in [6, 6.07) is 13.7. The normalized spacial score (nSPS) is 11.8. The summed E-state index contributed by atoms with van der Waals surface area (Å²) in [5, 5.41) is 3.67. The van der Waals surface area contributed by atoms with E-state index in [-0.39, 0.29) is 5.91 Å². The molecule has 0 spiro atoms. The quantitative estimate of drug-likeness (QED) is 0.673. The van der Waals surface area contributed by atoms with Gasteiger partial charge in [0, 0.05) is 23.1 Å². The molecule has 5 heteroatoms. The molecule has 0 saturated heterocycles. The minimum absolute atomic E-state index is 0.0923. The highest BCUT2D eigenvalue weighted by atomic mass is 35.5. The second-order valence-corrected chi connectivity index (χ2v) is 7.52. The van der Waals surface area contributed by atoms with Gasteiger partial charge in [-0.1, -0.05) is 29.8 Å². The third-order valence-electron chi connectivity index (χ3n) is 3.89. The lowest BCUT2D eigenvalue weighted by Crippen LogP contribution is -2.37. The first-order chi connectivity index (χ1) is 12.0. The zero-order valence-corrected chi connectivity index (χ0v) is 16.4. The molecule has 0 aromatic heterocycles. The Balaban J connectivity index is 1.67. The van der Waals surface area contributed by atoms with Gasteiger partial charge >= 0.3 is 0 Å². The van der Waals surface area contributed by atoms with Crippen LogP contribution in [0, 0.1) is 13.8 Å². The minimum Gasteiger partial charge on any atom is -0.481 e. The van der Waals surface area contributed by atoms with Crippen LogP contribution in [0.4, 0.5) is 0 Å². The predicted octanol–water partition coefficient (Wildman–Crippen LogP) is 4.77. The highest BCUT2D eigenvalue weighted by Crippen LogP contribution is 2.18. The first-order valence-electron chi connectivity index (χ1n) is 8.29. The summed E-state index contributed by atoms with van der Waals surface area (Å²) in [4.78, 5) is 12.1. The average molecular weight is 378 g/mol. The second-order valence-electron chi connectivity index (χ2n) is 5.98. The molecule has 0 aliphatic rings. The number of carbonyl (C=O) groups excluding carboxylic acids is 1. The summed E-state index contributed by atoms with van der Waals surface area (Å²) in [5.41, 5.74) is 3.60. The van der Waals surface area contributed by atoms with E-state index >= 15 is 0 Å². The predicted molar refractivity (Wildman–Crippen MR) is 107 cm³/mol. The molecule has 0 saturated carbocycles. The largest absolute Gasteiger partial charge is 0.481 e. The van der Waals surface area contributed by atoms with Crippen LogP contribution in [0.15, 0.2) is 42.5 Å². The monoisotopic (exact) mass is 377 g/mol. The summed E-state index contributed by atoms with van der Waals surface area (Å²) in [6.45, 7) is 6.48. The SMILES string of the molecule is Cc1ccc(O[C@H](C)C(=O)NCCSCc2ccc(Cl)cc2)cc1C. The summed E-state index contributed by atoms with van der Waals surface area (Å²) in [5.74, 6) is 2.39. The standard InChI is InChI=1S/C20H24ClNO2S/c1-14-4-9-19(12-15(14)2)24-16(3)20(23)22-10-11-25-13-17-5-7-18(21)8-6-17/h4-9,12,16H,10-11,13H2,1-3H3,(H,22,23)/t16-/m1/s1. The number of carbonyl (C=O) groups is 1. The first kappa shape index (κ1) is 19.7. The van der Waals surface area contributed by atoms with Crippen molar-refractivity contribution in [3.8, 4) is 5.75 Å². The van der Waals surface area contributed by atoms with E-state index in [0.29, 0.717) is 6.54 Å². The van der Waals surface area contributed by atoms with Gasteiger partial charge in [0.15, 0.2) is 6.10 Å². The Morgan fingerprint density at radius 1 is 1.16 bits per heavy atom. The van der Waals surface area contributed by atoms with Crippen LogP contribution in [0.25, 0.3) is 0 Å². The molecule has 1 N–H and O–H groups in total. The van der Waals surface area contributed by atoms with Gasteiger partial charge in [-0.3, -0.25) is 4.79 Å². The maximum atomic E-state index is 12.1. The highest BCUT2D eigenvalue weighted by Gasteiger charge is 2.14. The van der Waals surface area contributed by atoms with Gasteiger partial charge in [-0.25, -0.2) is 0 Å². The van der Waals surface area contributed by atoms with E-state index in [4.69, 9.17) is 16.3 Å². The van der Waals surface area contributed by atoms with Crippen LogP contribution < -0.4 is 10.1 Å². The lowest BCUT2D eigenvalue weighted by molar-refractivity contribution is -0.127. The van der Waals surface area contributed by atoms with Crippen molar-refractivity contribution in [2.24, 2.45) is 0 Å². The zero-order chi connectivity index (χ0) is 18.2. The van der Waals surface area contributed by atoms with Gasteiger partial charge in [0.25, 0.3) is 5.91 Å². The number of ether oxygens (including phenoxy) is 1. The van der Waals surface area contributed by atoms with Crippen LogP contribution in [0.2, 0.25) is 5.02 Å². The van der Waals surface area contributed by atoms with Crippen molar-refractivity contribution in [3.63, 3.8) is 0 Å². The number of nitrogens with one attached hydrogen (secondary N) is 1. The molecule has 2 aromatic carbocycles. The molecule has 0 unspecified atom stereocenters. The molecule has 3 nitrogen and oxygen atoms in total. The van der Waals surface area contributed by atoms with Gasteiger partial charge in [0.2, 0.25) is 0 Å². The van der Waals surface area contributed by atoms with Crippen molar-refractivity contribution in [1.82, 2.24) is 5.32 Å². The van der Waals surface area contributed by atoms with Crippen LogP contribution in [-0.2, 0) is 10.5 Å². The summed E-state index contributed by atoms with van der Waals surface area (Å²) < 4.78 is 5.72. The molecule has 134 valence electrons. The molecule has 0 aliphatic heterocycles. The van der Waals surface area contributed by atoms with Gasteiger partial charge in [-0.15, -0.1) is 0 Å². The lowest BCUT2D eigenvalue weighted by Gasteiger charge is -2.15. The molecule has 0 fully saturated rings. The van der Waals surface area contributed by atoms with E-state index in [0.717, 1.165) is 27.8 Å². The third-order valence-corrected chi connectivity index (χ3v) is 5.17. The Hall–Kier alpha value is -1.65. The van der Waals surface area contributed by atoms with Gasteiger partial charge in [-0.2, -0.15) is 11.8 Å². The molecule has 0 heterocycles. The fourth-order valence-corrected chi connectivity index (χ4v) is 3.15. The molecule has 0 bridgehead atoms. The summed E-state index contributed by atoms with van der Waals surface area (Å²) >= 11 is 7.64. The average Bonchev–Trinajstić information content (AvgIpc) is 2.59. The van der Waals surface area contributed by atoms with Gasteiger partial charge < -0.3 is 10.1 Å². The molecular formula is C20H24ClNO2S. The van der Waals surface area contributed by atoms with Gasteiger partial charge in [0.1, 0.15) is 5.75 Å². The molecule has 1 amide bonds. The summed E-state index contributed by atoms with van der Waals surface area (Å²) in [7, 11) is 0. The number of amides is 1. The Labute approximate surface area is 159 Å². The fourth-order valence-electron chi connectivity index (χ4n) is 2.21. The topological polar surface area (TPSA) is 38.3 Å². The second kappa shape index (κ2) is 9.73. The smallest absolute Gasteiger partial charge is 0.260 e. The molecule has 25 heavy (non-hydrogen) atoms. The summed E-state index contributed by atoms with van der Waals surface area (Å²) in [6.07, 6.45) is -0.511. The molecule has 1 atom stereocenters. The van der Waals surface area contributed by atoms with Crippen LogP contribution in [0.3, 0.4) is 0 Å². The van der Waals surface area contributed by atoms with E-state index in [1.54, 1.807) is 18.7 Å². The Morgan fingerprint density at radius 2 is 1.88 bits per heavy atom. The minimum atomic E-state index is -0.511. The van der Waals surface area contributed by atoms with Gasteiger partial charge in [0.05, 0.1) is 0 Å². The number of aryl methyl sites for hydroxylation is 2. The van der Waals surface area contributed by atoms with Crippen molar-refractivity contribution in [2.75, 3.05) is 12.3 Å². The molecule has 0 radical (unpaired) electrons. The van der Waals surface area contributed by atoms with E-state index < -0.39 is 6.10 Å². The van der Waals surface area contributed by atoms with E-state index in [2.05, 4.69) is 12.2 Å². The van der Waals surface area contributed by atoms with Crippen LogP contribution >= 0.6 is 23.4 Å². The van der Waals surface area contributed by atoms with Crippen molar-refractivity contribution in [3.05, 3.63) is 64.2 Å². The molecule has 2 aromatic rings. The Kier molecular flexibility index (Phi) is 7.66. The first-order valence-corrected chi connectivity index (χ1v) is 9.83. The zero-order valence-electron chi connectivity index (χ0n) is 14.8. The van der Waals surface area contributed by atoms with Crippen molar-refractivity contribution in [1.29, 1.82) is 0 Å².